The summed E-state index contributed by atoms with van der Waals surface area (Å²) in [7, 11) is 0. The molecular formula is C22H14Cl2FN3O4. The van der Waals surface area contributed by atoms with Crippen molar-refractivity contribution >= 4 is 52.9 Å². The molecule has 32 heavy (non-hydrogen) atoms. The van der Waals surface area contributed by atoms with Crippen LogP contribution in [0.4, 0.5) is 10.1 Å². The maximum atomic E-state index is 13.6. The topological polar surface area (TPSA) is 96.9 Å². The number of esters is 1. The van der Waals surface area contributed by atoms with Gasteiger partial charge in [-0.2, -0.15) is 5.10 Å². The first-order valence-electron chi connectivity index (χ1n) is 8.99. The maximum absolute atomic E-state index is 13.6. The van der Waals surface area contributed by atoms with Gasteiger partial charge in [-0.25, -0.2) is 14.6 Å². The third kappa shape index (κ3) is 6.13. The van der Waals surface area contributed by atoms with Crippen molar-refractivity contribution in [2.45, 2.75) is 0 Å². The lowest BCUT2D eigenvalue weighted by molar-refractivity contribution is -0.136. The summed E-state index contributed by atoms with van der Waals surface area (Å²) < 4.78 is 18.8. The highest BCUT2D eigenvalue weighted by Crippen LogP contribution is 2.24. The zero-order valence-corrected chi connectivity index (χ0v) is 17.7. The fourth-order valence-electron chi connectivity index (χ4n) is 2.39. The van der Waals surface area contributed by atoms with E-state index in [0.29, 0.717) is 16.3 Å². The molecule has 0 heterocycles. The summed E-state index contributed by atoms with van der Waals surface area (Å²) in [4.78, 5) is 35.7. The number of carbonyl (C=O) groups is 3. The molecule has 3 aromatic rings. The summed E-state index contributed by atoms with van der Waals surface area (Å²) >= 11 is 11.6. The molecule has 162 valence electrons. The number of hydrogen-bond donors (Lipinski definition) is 2. The number of nitrogens with one attached hydrogen (secondary N) is 2. The molecule has 3 rings (SSSR count). The number of amides is 2. The minimum absolute atomic E-state index is 0.181. The lowest BCUT2D eigenvalue weighted by atomic mass is 10.2. The van der Waals surface area contributed by atoms with Gasteiger partial charge in [0.1, 0.15) is 11.6 Å². The number of nitrogens with zero attached hydrogens (tertiary/aromatic N) is 1. The normalized spacial score (nSPS) is 10.6. The van der Waals surface area contributed by atoms with Crippen LogP contribution in [0.1, 0.15) is 15.9 Å². The van der Waals surface area contributed by atoms with E-state index in [4.69, 9.17) is 27.9 Å². The summed E-state index contributed by atoms with van der Waals surface area (Å²) in [5.41, 5.74) is 2.74. The molecule has 0 saturated carbocycles. The number of anilines is 1. The predicted molar refractivity (Wildman–Crippen MR) is 119 cm³/mol. The van der Waals surface area contributed by atoms with E-state index in [-0.39, 0.29) is 16.3 Å². The molecule has 0 fully saturated rings. The number of hydrogen-bond acceptors (Lipinski definition) is 5. The first-order chi connectivity index (χ1) is 15.3. The molecule has 0 spiro atoms. The van der Waals surface area contributed by atoms with E-state index in [1.807, 2.05) is 0 Å². The van der Waals surface area contributed by atoms with E-state index in [1.165, 1.54) is 54.7 Å². The second-order valence-electron chi connectivity index (χ2n) is 6.22. The van der Waals surface area contributed by atoms with Gasteiger partial charge >= 0.3 is 17.8 Å². The van der Waals surface area contributed by atoms with Crippen LogP contribution < -0.4 is 15.5 Å². The van der Waals surface area contributed by atoms with Crippen molar-refractivity contribution in [1.29, 1.82) is 0 Å². The minimum Gasteiger partial charge on any atom is -0.423 e. The standard InChI is InChI=1S/C22H14Cl2FN3O4/c23-17-10-7-14(11-18(17)24)27-20(29)21(30)28-26-12-13-5-8-15(9-6-13)32-22(31)16-3-1-2-4-19(16)25/h1-12H,(H,27,29)(H,28,30). The highest BCUT2D eigenvalue weighted by Gasteiger charge is 2.14. The van der Waals surface area contributed by atoms with Gasteiger partial charge in [0.25, 0.3) is 0 Å². The molecular weight excluding hydrogens is 460 g/mol. The van der Waals surface area contributed by atoms with Crippen LogP contribution in [0.15, 0.2) is 71.8 Å². The van der Waals surface area contributed by atoms with Crippen LogP contribution in [0.3, 0.4) is 0 Å². The fourth-order valence-corrected chi connectivity index (χ4v) is 2.69. The molecule has 0 atom stereocenters. The Labute approximate surface area is 191 Å². The first kappa shape index (κ1) is 22.9. The number of halogens is 3. The lowest BCUT2D eigenvalue weighted by Crippen LogP contribution is -2.32. The smallest absolute Gasteiger partial charge is 0.346 e. The lowest BCUT2D eigenvalue weighted by Gasteiger charge is -2.06. The SMILES string of the molecule is O=C(NN=Cc1ccc(OC(=O)c2ccccc2F)cc1)C(=O)Nc1ccc(Cl)c(Cl)c1. The third-order valence-corrected chi connectivity index (χ3v) is 4.69. The van der Waals surface area contributed by atoms with Crippen molar-refractivity contribution in [3.05, 3.63) is 93.7 Å². The third-order valence-electron chi connectivity index (χ3n) is 3.95. The van der Waals surface area contributed by atoms with Gasteiger partial charge in [0.05, 0.1) is 21.8 Å². The Morgan fingerprint density at radius 2 is 1.62 bits per heavy atom. The zero-order chi connectivity index (χ0) is 23.1. The number of benzene rings is 3. The monoisotopic (exact) mass is 473 g/mol. The Balaban J connectivity index is 1.52. The van der Waals surface area contributed by atoms with Crippen molar-refractivity contribution < 1.29 is 23.5 Å². The summed E-state index contributed by atoms with van der Waals surface area (Å²) in [6, 6.07) is 15.9. The largest absolute Gasteiger partial charge is 0.423 e. The Morgan fingerprint density at radius 1 is 0.906 bits per heavy atom. The molecule has 2 N–H and O–H groups in total. The molecule has 3 aromatic carbocycles. The van der Waals surface area contributed by atoms with Crippen LogP contribution >= 0.6 is 23.2 Å². The van der Waals surface area contributed by atoms with Gasteiger partial charge in [-0.1, -0.05) is 35.3 Å². The van der Waals surface area contributed by atoms with Crippen LogP contribution in [0, 0.1) is 5.82 Å². The Hall–Kier alpha value is -3.75. The number of carbonyl (C=O) groups excluding carboxylic acids is 3. The molecule has 2 amide bonds. The van der Waals surface area contributed by atoms with Crippen LogP contribution in [0.5, 0.6) is 5.75 Å². The van der Waals surface area contributed by atoms with Gasteiger partial charge in [0, 0.05) is 5.69 Å². The summed E-state index contributed by atoms with van der Waals surface area (Å²) in [5, 5.41) is 6.59. The van der Waals surface area contributed by atoms with Crippen molar-refractivity contribution in [3.8, 4) is 5.75 Å². The van der Waals surface area contributed by atoms with Crippen LogP contribution in [0.25, 0.3) is 0 Å². The van der Waals surface area contributed by atoms with Gasteiger partial charge in [-0.3, -0.25) is 9.59 Å². The summed E-state index contributed by atoms with van der Waals surface area (Å²) in [5.74, 6) is -3.26. The quantitative estimate of drug-likeness (QED) is 0.188. The molecule has 0 aliphatic rings. The van der Waals surface area contributed by atoms with E-state index in [9.17, 15) is 18.8 Å². The van der Waals surface area contributed by atoms with E-state index in [1.54, 1.807) is 12.1 Å². The predicted octanol–water partition coefficient (Wildman–Crippen LogP) is 4.44. The zero-order valence-electron chi connectivity index (χ0n) is 16.1. The summed E-state index contributed by atoms with van der Waals surface area (Å²) in [6.45, 7) is 0. The summed E-state index contributed by atoms with van der Waals surface area (Å²) in [6.07, 6.45) is 1.28. The second-order valence-corrected chi connectivity index (χ2v) is 7.03. The van der Waals surface area contributed by atoms with E-state index < -0.39 is 23.6 Å². The highest BCUT2D eigenvalue weighted by molar-refractivity contribution is 6.43. The second kappa shape index (κ2) is 10.5. The fraction of sp³-hybridized carbons (Fsp3) is 0. The van der Waals surface area contributed by atoms with E-state index >= 15 is 0 Å². The molecule has 0 aliphatic carbocycles. The Morgan fingerprint density at radius 3 is 2.31 bits per heavy atom. The van der Waals surface area contributed by atoms with Gasteiger partial charge in [-0.05, 0) is 60.2 Å². The molecule has 0 saturated heterocycles. The Kier molecular flexibility index (Phi) is 7.54. The van der Waals surface area contributed by atoms with Gasteiger partial charge in [0.2, 0.25) is 0 Å². The van der Waals surface area contributed by atoms with Crippen LogP contribution in [-0.4, -0.2) is 24.0 Å². The van der Waals surface area contributed by atoms with Crippen molar-refractivity contribution in [2.75, 3.05) is 5.32 Å². The molecule has 10 heteroatoms. The van der Waals surface area contributed by atoms with Crippen molar-refractivity contribution in [3.63, 3.8) is 0 Å². The molecule has 0 aromatic heterocycles. The van der Waals surface area contributed by atoms with Gasteiger partial charge in [0.15, 0.2) is 0 Å². The average Bonchev–Trinajstić information content (AvgIpc) is 2.77. The highest BCUT2D eigenvalue weighted by atomic mass is 35.5. The van der Waals surface area contributed by atoms with E-state index in [0.717, 1.165) is 6.07 Å². The molecule has 0 radical (unpaired) electrons. The van der Waals surface area contributed by atoms with Crippen molar-refractivity contribution in [2.24, 2.45) is 5.10 Å². The first-order valence-corrected chi connectivity index (χ1v) is 9.75. The van der Waals surface area contributed by atoms with Gasteiger partial charge < -0.3 is 10.1 Å². The number of rotatable bonds is 5. The van der Waals surface area contributed by atoms with Crippen LogP contribution in [-0.2, 0) is 9.59 Å². The minimum atomic E-state index is -0.997. The van der Waals surface area contributed by atoms with Crippen LogP contribution in [0.2, 0.25) is 10.0 Å². The number of ether oxygens (including phenoxy) is 1. The Bertz CT molecular complexity index is 1200. The van der Waals surface area contributed by atoms with E-state index in [2.05, 4.69) is 15.8 Å². The van der Waals surface area contributed by atoms with Gasteiger partial charge in [-0.15, -0.1) is 0 Å². The average molecular weight is 474 g/mol. The number of hydrazone groups is 1. The molecule has 0 unspecified atom stereocenters. The van der Waals surface area contributed by atoms with Crippen molar-refractivity contribution in [1.82, 2.24) is 5.43 Å². The molecule has 0 aliphatic heterocycles. The molecule has 0 bridgehead atoms. The maximum Gasteiger partial charge on any atom is 0.346 e. The molecule has 7 nitrogen and oxygen atoms in total.